The number of anilines is 1. The van der Waals surface area contributed by atoms with Crippen LogP contribution in [0.4, 0.5) is 23.2 Å². The second kappa shape index (κ2) is 6.08. The molecule has 2 N–H and O–H groups in total. The zero-order chi connectivity index (χ0) is 16.2. The van der Waals surface area contributed by atoms with Gasteiger partial charge in [0, 0.05) is 6.20 Å². The number of alkyl halides is 3. The molecule has 0 radical (unpaired) electrons. The van der Waals surface area contributed by atoms with Gasteiger partial charge in [0.2, 0.25) is 5.82 Å². The molecular weight excluding hydrogens is 308 g/mol. The molecule has 7 nitrogen and oxygen atoms in total. The fraction of sp³-hybridized carbons (Fsp3) is 0.0909. The highest BCUT2D eigenvalue weighted by atomic mass is 19.4. The Morgan fingerprint density at radius 3 is 2.77 bits per heavy atom. The van der Waals surface area contributed by atoms with Gasteiger partial charge in [-0.15, -0.1) is 23.4 Å². The number of aromatic nitrogens is 4. The molecule has 11 heteroatoms. The van der Waals surface area contributed by atoms with E-state index in [4.69, 9.17) is 5.26 Å². The van der Waals surface area contributed by atoms with Crippen LogP contribution in [0.5, 0.6) is 5.75 Å². The van der Waals surface area contributed by atoms with Gasteiger partial charge < -0.3 is 10.1 Å². The average molecular weight is 314 g/mol. The Labute approximate surface area is 120 Å². The van der Waals surface area contributed by atoms with E-state index in [0.29, 0.717) is 0 Å². The molecule has 0 spiro atoms. The molecule has 114 valence electrons. The zero-order valence-corrected chi connectivity index (χ0v) is 10.5. The fourth-order valence-electron chi connectivity index (χ4n) is 1.40. The van der Waals surface area contributed by atoms with E-state index in [9.17, 15) is 17.6 Å². The third-order valence-electron chi connectivity index (χ3n) is 2.27. The number of rotatable bonds is 4. The zero-order valence-electron chi connectivity index (χ0n) is 10.5. The summed E-state index contributed by atoms with van der Waals surface area (Å²) < 4.78 is 53.7. The minimum Gasteiger partial charge on any atom is -0.403 e. The van der Waals surface area contributed by atoms with E-state index in [1.165, 1.54) is 6.07 Å². The fourth-order valence-corrected chi connectivity index (χ4v) is 1.40. The lowest BCUT2D eigenvalue weighted by Crippen LogP contribution is -2.18. The first-order chi connectivity index (χ1) is 10.4. The van der Waals surface area contributed by atoms with Crippen LogP contribution in [0.15, 0.2) is 24.4 Å². The molecule has 0 aliphatic carbocycles. The van der Waals surface area contributed by atoms with Crippen LogP contribution in [-0.4, -0.2) is 27.0 Å². The summed E-state index contributed by atoms with van der Waals surface area (Å²) in [7, 11) is 0. The van der Waals surface area contributed by atoms with Gasteiger partial charge in [-0.3, -0.25) is 0 Å². The van der Waals surface area contributed by atoms with Crippen molar-refractivity contribution in [3.8, 4) is 11.8 Å². The molecule has 2 rings (SSSR count). The molecular formula is C11H6F4N6O. The lowest BCUT2D eigenvalue weighted by molar-refractivity contribution is -0.275. The van der Waals surface area contributed by atoms with E-state index in [0.717, 1.165) is 18.3 Å². The van der Waals surface area contributed by atoms with Crippen molar-refractivity contribution in [3.05, 3.63) is 36.0 Å². The minimum atomic E-state index is -5.02. The topological polar surface area (TPSA) is 99.5 Å². The van der Waals surface area contributed by atoms with Crippen molar-refractivity contribution < 1.29 is 22.3 Å². The number of benzene rings is 1. The predicted molar refractivity (Wildman–Crippen MR) is 64.5 cm³/mol. The third-order valence-corrected chi connectivity index (χ3v) is 2.27. The first kappa shape index (κ1) is 15.2. The predicted octanol–water partition coefficient (Wildman–Crippen LogP) is 2.21. The number of ether oxygens (including phenoxy) is 1. The van der Waals surface area contributed by atoms with E-state index in [-0.39, 0.29) is 17.1 Å². The number of nitrogens with one attached hydrogen (secondary N) is 2. The molecule has 0 amide bonds. The number of hydrogen-bond acceptors (Lipinski definition) is 6. The normalized spacial score (nSPS) is 11.9. The quantitative estimate of drug-likeness (QED) is 0.663. The summed E-state index contributed by atoms with van der Waals surface area (Å²) in [4.78, 5) is 0. The molecule has 0 fully saturated rings. The SMILES string of the molecule is N#CC(=CNc1cccc(OC(F)(F)F)c1F)c1nn[nH]n1. The maximum Gasteiger partial charge on any atom is 0.573 e. The van der Waals surface area contributed by atoms with Crippen LogP contribution in [0.25, 0.3) is 5.57 Å². The second-order valence-corrected chi connectivity index (χ2v) is 3.72. The molecule has 0 saturated heterocycles. The van der Waals surface area contributed by atoms with Crippen LogP contribution in [0.1, 0.15) is 5.82 Å². The molecule has 0 atom stereocenters. The summed E-state index contributed by atoms with van der Waals surface area (Å²) in [6, 6.07) is 4.87. The first-order valence-electron chi connectivity index (χ1n) is 5.55. The highest BCUT2D eigenvalue weighted by Crippen LogP contribution is 2.29. The van der Waals surface area contributed by atoms with Gasteiger partial charge in [0.25, 0.3) is 0 Å². The Balaban J connectivity index is 2.24. The van der Waals surface area contributed by atoms with Crippen LogP contribution in [0.3, 0.4) is 0 Å². The largest absolute Gasteiger partial charge is 0.573 e. The number of H-pyrrole nitrogens is 1. The second-order valence-electron chi connectivity index (χ2n) is 3.72. The van der Waals surface area contributed by atoms with Crippen LogP contribution in [0.2, 0.25) is 0 Å². The molecule has 0 bridgehead atoms. The summed E-state index contributed by atoms with van der Waals surface area (Å²) in [5.41, 5.74) is -0.423. The molecule has 0 saturated carbocycles. The molecule has 0 aliphatic heterocycles. The van der Waals surface area contributed by atoms with Crippen molar-refractivity contribution in [2.75, 3.05) is 5.32 Å². The van der Waals surface area contributed by atoms with Crippen molar-refractivity contribution in [3.63, 3.8) is 0 Å². The van der Waals surface area contributed by atoms with Gasteiger partial charge in [0.1, 0.15) is 11.6 Å². The Hall–Kier alpha value is -3.16. The summed E-state index contributed by atoms with van der Waals surface area (Å²) in [6.45, 7) is 0. The summed E-state index contributed by atoms with van der Waals surface area (Å²) in [5, 5.41) is 23.7. The molecule has 1 aromatic carbocycles. The van der Waals surface area contributed by atoms with E-state index in [1.54, 1.807) is 6.07 Å². The van der Waals surface area contributed by atoms with Gasteiger partial charge in [-0.25, -0.2) is 4.39 Å². The van der Waals surface area contributed by atoms with Gasteiger partial charge in [0.05, 0.1) is 5.69 Å². The smallest absolute Gasteiger partial charge is 0.403 e. The molecule has 2 aromatic rings. The van der Waals surface area contributed by atoms with E-state index >= 15 is 0 Å². The summed E-state index contributed by atoms with van der Waals surface area (Å²) in [5.74, 6) is -2.32. The van der Waals surface area contributed by atoms with Gasteiger partial charge in [-0.1, -0.05) is 6.07 Å². The molecule has 0 aliphatic rings. The molecule has 0 unspecified atom stereocenters. The highest BCUT2D eigenvalue weighted by molar-refractivity contribution is 5.74. The first-order valence-corrected chi connectivity index (χ1v) is 5.55. The van der Waals surface area contributed by atoms with Crippen molar-refractivity contribution in [1.29, 1.82) is 5.26 Å². The Morgan fingerprint density at radius 1 is 1.41 bits per heavy atom. The van der Waals surface area contributed by atoms with Crippen LogP contribution >= 0.6 is 0 Å². The summed E-state index contributed by atoms with van der Waals surface area (Å²) in [6.07, 6.45) is -3.99. The number of halogens is 4. The van der Waals surface area contributed by atoms with Crippen molar-refractivity contribution in [2.24, 2.45) is 0 Å². The van der Waals surface area contributed by atoms with Crippen molar-refractivity contribution in [1.82, 2.24) is 20.6 Å². The standard InChI is InChI=1S/C11H6F4N6O/c12-9-7(2-1-3-8(9)22-11(13,14)15)17-5-6(4-16)10-18-20-21-19-10/h1-3,5,17H,(H,18,19,20,21). The van der Waals surface area contributed by atoms with Crippen LogP contribution in [-0.2, 0) is 0 Å². The van der Waals surface area contributed by atoms with Crippen LogP contribution in [0, 0.1) is 17.1 Å². The Kier molecular flexibility index (Phi) is 4.21. The Bertz CT molecular complexity index is 719. The number of tetrazole rings is 1. The van der Waals surface area contributed by atoms with E-state index in [2.05, 4.69) is 30.7 Å². The lowest BCUT2D eigenvalue weighted by atomic mass is 10.2. The number of nitrogens with zero attached hydrogens (tertiary/aromatic N) is 4. The number of aromatic amines is 1. The molecule has 1 aromatic heterocycles. The van der Waals surface area contributed by atoms with E-state index < -0.39 is 17.9 Å². The van der Waals surface area contributed by atoms with Gasteiger partial charge in [-0.2, -0.15) is 10.5 Å². The molecule has 22 heavy (non-hydrogen) atoms. The third kappa shape index (κ3) is 3.69. The number of nitriles is 1. The van der Waals surface area contributed by atoms with Crippen molar-refractivity contribution in [2.45, 2.75) is 6.36 Å². The maximum atomic E-state index is 13.9. The molecule has 1 heterocycles. The van der Waals surface area contributed by atoms with Gasteiger partial charge >= 0.3 is 6.36 Å². The highest BCUT2D eigenvalue weighted by Gasteiger charge is 2.32. The number of allylic oxidation sites excluding steroid dienone is 1. The van der Waals surface area contributed by atoms with Crippen molar-refractivity contribution >= 4 is 11.3 Å². The van der Waals surface area contributed by atoms with Gasteiger partial charge in [0.15, 0.2) is 11.6 Å². The number of hydrogen-bond donors (Lipinski definition) is 2. The minimum absolute atomic E-state index is 0.0573. The lowest BCUT2D eigenvalue weighted by Gasteiger charge is -2.11. The average Bonchev–Trinajstić information content (AvgIpc) is 2.96. The monoisotopic (exact) mass is 314 g/mol. The summed E-state index contributed by atoms with van der Waals surface area (Å²) >= 11 is 0. The van der Waals surface area contributed by atoms with E-state index in [1.807, 2.05) is 0 Å². The Morgan fingerprint density at radius 2 is 2.18 bits per heavy atom. The maximum absolute atomic E-state index is 13.9. The van der Waals surface area contributed by atoms with Crippen LogP contribution < -0.4 is 10.1 Å². The van der Waals surface area contributed by atoms with Gasteiger partial charge in [-0.05, 0) is 17.3 Å².